The second kappa shape index (κ2) is 6.58. The largest absolute Gasteiger partial charge is 0.461 e. The van der Waals surface area contributed by atoms with E-state index in [9.17, 15) is 0 Å². The van der Waals surface area contributed by atoms with Crippen LogP contribution in [0.25, 0.3) is 0 Å². The Morgan fingerprint density at radius 1 is 1.14 bits per heavy atom. The first kappa shape index (κ1) is 15.3. The van der Waals surface area contributed by atoms with Crippen molar-refractivity contribution in [1.82, 2.24) is 15.0 Å². The van der Waals surface area contributed by atoms with Crippen LogP contribution in [-0.2, 0) is 0 Å². The van der Waals surface area contributed by atoms with Crippen LogP contribution in [0.4, 0.5) is 17.6 Å². The van der Waals surface area contributed by atoms with Gasteiger partial charge in [0.05, 0.1) is 16.8 Å². The summed E-state index contributed by atoms with van der Waals surface area (Å²) in [4.78, 5) is 12.6. The molecule has 0 fully saturated rings. The summed E-state index contributed by atoms with van der Waals surface area (Å²) in [5.41, 5.74) is 1.77. The highest BCUT2D eigenvalue weighted by molar-refractivity contribution is 6.33. The smallest absolute Gasteiger partial charge is 0.323 e. The Bertz CT molecular complexity index is 613. The van der Waals surface area contributed by atoms with Crippen molar-refractivity contribution in [2.75, 3.05) is 17.7 Å². The van der Waals surface area contributed by atoms with E-state index in [0.717, 1.165) is 11.3 Å². The fourth-order valence-corrected chi connectivity index (χ4v) is 1.96. The Morgan fingerprint density at radius 2 is 1.86 bits per heavy atom. The Hall–Kier alpha value is -2.08. The van der Waals surface area contributed by atoms with Gasteiger partial charge < -0.3 is 15.4 Å². The zero-order valence-corrected chi connectivity index (χ0v) is 13.2. The highest BCUT2D eigenvalue weighted by Crippen LogP contribution is 2.28. The number of aromatic nitrogens is 3. The average molecular weight is 308 g/mol. The molecule has 2 N–H and O–H groups in total. The molecule has 0 spiro atoms. The lowest BCUT2D eigenvalue weighted by atomic mass is 10.2. The van der Waals surface area contributed by atoms with Gasteiger partial charge >= 0.3 is 6.01 Å². The highest BCUT2D eigenvalue weighted by atomic mass is 35.5. The van der Waals surface area contributed by atoms with Crippen LogP contribution < -0.4 is 15.4 Å². The summed E-state index contributed by atoms with van der Waals surface area (Å²) in [5.74, 6) is 0.800. The van der Waals surface area contributed by atoms with Crippen LogP contribution in [0.15, 0.2) is 18.2 Å². The van der Waals surface area contributed by atoms with Crippen LogP contribution >= 0.6 is 11.6 Å². The Morgan fingerprint density at radius 3 is 2.48 bits per heavy atom. The summed E-state index contributed by atoms with van der Waals surface area (Å²) in [6.07, 6.45) is -0.0213. The molecule has 0 aliphatic carbocycles. The van der Waals surface area contributed by atoms with E-state index in [-0.39, 0.29) is 12.1 Å². The van der Waals surface area contributed by atoms with E-state index >= 15 is 0 Å². The number of nitrogens with zero attached hydrogens (tertiary/aromatic N) is 3. The van der Waals surface area contributed by atoms with Crippen LogP contribution in [0, 0.1) is 6.92 Å². The second-order valence-electron chi connectivity index (χ2n) is 4.74. The molecule has 112 valence electrons. The van der Waals surface area contributed by atoms with E-state index in [1.54, 1.807) is 7.05 Å². The number of hydrogen-bond donors (Lipinski definition) is 2. The Labute approximate surface area is 128 Å². The maximum absolute atomic E-state index is 6.20. The van der Waals surface area contributed by atoms with Crippen molar-refractivity contribution in [3.63, 3.8) is 0 Å². The Kier molecular flexibility index (Phi) is 4.80. The standard InChI is InChI=1S/C14H18ClN5O/c1-8(2)21-14-19-12(16-4)18-13(20-14)17-11-9(3)6-5-7-10(11)15/h5-8H,1-4H3,(H2,16,17,18,19,20). The minimum Gasteiger partial charge on any atom is -0.461 e. The minimum atomic E-state index is -0.0213. The average Bonchev–Trinajstić information content (AvgIpc) is 2.42. The first-order valence-corrected chi connectivity index (χ1v) is 7.00. The molecule has 1 aromatic heterocycles. The number of rotatable bonds is 5. The van der Waals surface area contributed by atoms with Gasteiger partial charge in [0.15, 0.2) is 0 Å². The molecular weight excluding hydrogens is 290 g/mol. The molecule has 2 rings (SSSR count). The number of para-hydroxylation sites is 1. The molecule has 0 amide bonds. The van der Waals surface area contributed by atoms with Crippen LogP contribution in [-0.4, -0.2) is 28.1 Å². The minimum absolute atomic E-state index is 0.0213. The monoisotopic (exact) mass is 307 g/mol. The van der Waals surface area contributed by atoms with E-state index in [4.69, 9.17) is 16.3 Å². The molecule has 0 saturated carbocycles. The van der Waals surface area contributed by atoms with Crippen molar-refractivity contribution in [2.24, 2.45) is 0 Å². The molecule has 1 aromatic carbocycles. The Balaban J connectivity index is 2.35. The van der Waals surface area contributed by atoms with Gasteiger partial charge in [0.2, 0.25) is 11.9 Å². The quantitative estimate of drug-likeness (QED) is 0.882. The molecule has 0 unspecified atom stereocenters. The maximum atomic E-state index is 6.20. The molecule has 0 saturated heterocycles. The van der Waals surface area contributed by atoms with Gasteiger partial charge in [-0.1, -0.05) is 23.7 Å². The topological polar surface area (TPSA) is 72.0 Å². The van der Waals surface area contributed by atoms with Gasteiger partial charge in [0, 0.05) is 7.05 Å². The third-order valence-corrected chi connectivity index (χ3v) is 2.95. The molecule has 0 aliphatic heterocycles. The number of anilines is 3. The number of nitrogens with one attached hydrogen (secondary N) is 2. The lowest BCUT2D eigenvalue weighted by molar-refractivity contribution is 0.222. The first-order valence-electron chi connectivity index (χ1n) is 6.62. The van der Waals surface area contributed by atoms with Crippen molar-refractivity contribution in [3.8, 4) is 6.01 Å². The van der Waals surface area contributed by atoms with Crippen LogP contribution in [0.5, 0.6) is 6.01 Å². The van der Waals surface area contributed by atoms with Crippen LogP contribution in [0.3, 0.4) is 0 Å². The van der Waals surface area contributed by atoms with E-state index in [0.29, 0.717) is 16.9 Å². The molecule has 7 heteroatoms. The van der Waals surface area contributed by atoms with E-state index in [1.807, 2.05) is 39.0 Å². The summed E-state index contributed by atoms with van der Waals surface area (Å²) in [7, 11) is 1.74. The molecule has 0 atom stereocenters. The summed E-state index contributed by atoms with van der Waals surface area (Å²) in [5, 5.41) is 6.60. The third kappa shape index (κ3) is 3.95. The van der Waals surface area contributed by atoms with Gasteiger partial charge in [0.25, 0.3) is 0 Å². The number of aryl methyl sites for hydroxylation is 1. The van der Waals surface area contributed by atoms with Crippen LogP contribution in [0.2, 0.25) is 5.02 Å². The molecule has 6 nitrogen and oxygen atoms in total. The summed E-state index contributed by atoms with van der Waals surface area (Å²) in [6.45, 7) is 5.78. The van der Waals surface area contributed by atoms with Gasteiger partial charge in [-0.15, -0.1) is 0 Å². The molecule has 1 heterocycles. The fraction of sp³-hybridized carbons (Fsp3) is 0.357. The lowest BCUT2D eigenvalue weighted by Gasteiger charge is -2.13. The van der Waals surface area contributed by atoms with Crippen molar-refractivity contribution < 1.29 is 4.74 Å². The maximum Gasteiger partial charge on any atom is 0.323 e. The van der Waals surface area contributed by atoms with Crippen molar-refractivity contribution in [1.29, 1.82) is 0 Å². The molecule has 0 aliphatic rings. The summed E-state index contributed by atoms with van der Waals surface area (Å²) >= 11 is 6.20. The first-order chi connectivity index (χ1) is 9.99. The molecule has 0 bridgehead atoms. The van der Waals surface area contributed by atoms with Crippen molar-refractivity contribution in [2.45, 2.75) is 26.9 Å². The van der Waals surface area contributed by atoms with E-state index in [1.165, 1.54) is 0 Å². The third-order valence-electron chi connectivity index (χ3n) is 2.64. The number of ether oxygens (including phenoxy) is 1. The van der Waals surface area contributed by atoms with Gasteiger partial charge in [0.1, 0.15) is 0 Å². The molecule has 2 aromatic rings. The van der Waals surface area contributed by atoms with Gasteiger partial charge in [-0.3, -0.25) is 0 Å². The number of benzene rings is 1. The zero-order chi connectivity index (χ0) is 15.4. The predicted molar refractivity (Wildman–Crippen MR) is 84.6 cm³/mol. The zero-order valence-electron chi connectivity index (χ0n) is 12.4. The van der Waals surface area contributed by atoms with Crippen molar-refractivity contribution in [3.05, 3.63) is 28.8 Å². The fourth-order valence-electron chi connectivity index (χ4n) is 1.69. The van der Waals surface area contributed by atoms with E-state index < -0.39 is 0 Å². The molecule has 21 heavy (non-hydrogen) atoms. The molecule has 0 radical (unpaired) electrons. The molecular formula is C14H18ClN5O. The normalized spacial score (nSPS) is 10.6. The van der Waals surface area contributed by atoms with Gasteiger partial charge in [-0.25, -0.2) is 0 Å². The highest BCUT2D eigenvalue weighted by Gasteiger charge is 2.11. The van der Waals surface area contributed by atoms with Gasteiger partial charge in [-0.05, 0) is 32.4 Å². The van der Waals surface area contributed by atoms with Crippen molar-refractivity contribution >= 4 is 29.2 Å². The van der Waals surface area contributed by atoms with Gasteiger partial charge in [-0.2, -0.15) is 15.0 Å². The number of hydrogen-bond acceptors (Lipinski definition) is 6. The second-order valence-corrected chi connectivity index (χ2v) is 5.15. The van der Waals surface area contributed by atoms with Crippen LogP contribution in [0.1, 0.15) is 19.4 Å². The predicted octanol–water partition coefficient (Wildman–Crippen LogP) is 3.41. The SMILES string of the molecule is CNc1nc(Nc2c(C)cccc2Cl)nc(OC(C)C)n1. The lowest BCUT2D eigenvalue weighted by Crippen LogP contribution is -2.12. The summed E-state index contributed by atoms with van der Waals surface area (Å²) < 4.78 is 5.52. The number of halogens is 1. The van der Waals surface area contributed by atoms with E-state index in [2.05, 4.69) is 25.6 Å². The summed E-state index contributed by atoms with van der Waals surface area (Å²) in [6, 6.07) is 5.92.